The number of furan rings is 1. The molecule has 2 aromatic rings. The Morgan fingerprint density at radius 2 is 2.22 bits per heavy atom. The van der Waals surface area contributed by atoms with Crippen LogP contribution in [0.15, 0.2) is 41.2 Å². The number of ether oxygens (including phenoxy) is 1. The molecular weight excluding hydrogens is 344 g/mol. The van der Waals surface area contributed by atoms with E-state index < -0.39 is 0 Å². The molecule has 7 nitrogen and oxygen atoms in total. The van der Waals surface area contributed by atoms with Crippen molar-refractivity contribution in [2.75, 3.05) is 7.11 Å². The van der Waals surface area contributed by atoms with E-state index in [1.54, 1.807) is 30.7 Å². The van der Waals surface area contributed by atoms with Gasteiger partial charge < -0.3 is 14.5 Å². The number of rotatable bonds is 4. The molecule has 1 aliphatic carbocycles. The lowest BCUT2D eigenvalue weighted by molar-refractivity contribution is 0.0912. The second kappa shape index (κ2) is 7.43. The normalized spacial score (nSPS) is 26.8. The lowest BCUT2D eigenvalue weighted by Gasteiger charge is -2.33. The van der Waals surface area contributed by atoms with Crippen molar-refractivity contribution in [1.29, 1.82) is 5.26 Å². The fourth-order valence-electron chi connectivity index (χ4n) is 4.26. The molecule has 1 saturated carbocycles. The van der Waals surface area contributed by atoms with Crippen LogP contribution < -0.4 is 20.9 Å². The van der Waals surface area contributed by atoms with E-state index in [1.807, 2.05) is 6.07 Å². The van der Waals surface area contributed by atoms with Gasteiger partial charge in [0.05, 0.1) is 36.8 Å². The smallest absolute Gasteiger partial charge is 0.255 e. The molecule has 7 heteroatoms. The summed E-state index contributed by atoms with van der Waals surface area (Å²) in [6.07, 6.45) is 6.20. The lowest BCUT2D eigenvalue weighted by Crippen LogP contribution is -2.44. The molecule has 3 N–H and O–H groups in total. The van der Waals surface area contributed by atoms with E-state index in [9.17, 15) is 10.1 Å². The van der Waals surface area contributed by atoms with Crippen LogP contribution in [0.25, 0.3) is 0 Å². The first-order valence-corrected chi connectivity index (χ1v) is 9.12. The molecule has 2 heterocycles. The highest BCUT2D eigenvalue weighted by molar-refractivity contribution is 5.97. The number of nitriles is 1. The predicted molar refractivity (Wildman–Crippen MR) is 97.8 cm³/mol. The molecule has 2 aliphatic rings. The van der Waals surface area contributed by atoms with Gasteiger partial charge in [0.1, 0.15) is 11.8 Å². The summed E-state index contributed by atoms with van der Waals surface area (Å²) in [4.78, 5) is 12.8. The van der Waals surface area contributed by atoms with E-state index in [2.05, 4.69) is 22.2 Å². The SMILES string of the molecule is COc1c(C#N)cccc1C(=O)NC1CCC2NNC(c3ccoc3)C2C1. The molecule has 0 spiro atoms. The number of carbonyl (C=O) groups excluding carboxylic acids is 1. The Balaban J connectivity index is 1.48. The van der Waals surface area contributed by atoms with Crippen LogP contribution in [0.5, 0.6) is 5.75 Å². The number of amides is 1. The number of methoxy groups -OCH3 is 1. The third-order valence-electron chi connectivity index (χ3n) is 5.57. The maximum Gasteiger partial charge on any atom is 0.255 e. The van der Waals surface area contributed by atoms with Crippen molar-refractivity contribution in [2.45, 2.75) is 37.4 Å². The van der Waals surface area contributed by atoms with Crippen LogP contribution in [0, 0.1) is 17.2 Å². The summed E-state index contributed by atoms with van der Waals surface area (Å²) >= 11 is 0. The number of carbonyl (C=O) groups is 1. The second-order valence-corrected chi connectivity index (χ2v) is 7.08. The van der Waals surface area contributed by atoms with Crippen LogP contribution in [-0.4, -0.2) is 25.1 Å². The standard InChI is InChI=1S/C20H22N4O3/c1-26-19-12(10-21)3-2-4-15(19)20(25)22-14-5-6-17-16(9-14)18(24-23-17)13-7-8-27-11-13/h2-4,7-8,11,14,16-18,23-24H,5-6,9H2,1H3,(H,22,25). The number of para-hydroxylation sites is 1. The molecule has 1 aromatic carbocycles. The van der Waals surface area contributed by atoms with Gasteiger partial charge in [0.25, 0.3) is 5.91 Å². The maximum atomic E-state index is 12.8. The Morgan fingerprint density at radius 1 is 1.33 bits per heavy atom. The number of nitrogens with zero attached hydrogens (tertiary/aromatic N) is 1. The van der Waals surface area contributed by atoms with E-state index in [4.69, 9.17) is 9.15 Å². The molecule has 0 bridgehead atoms. The van der Waals surface area contributed by atoms with Crippen molar-refractivity contribution in [3.8, 4) is 11.8 Å². The van der Waals surface area contributed by atoms with Gasteiger partial charge in [0, 0.05) is 17.6 Å². The van der Waals surface area contributed by atoms with Crippen molar-refractivity contribution in [1.82, 2.24) is 16.2 Å². The molecule has 1 aliphatic heterocycles. The predicted octanol–water partition coefficient (Wildman–Crippen LogP) is 2.28. The summed E-state index contributed by atoms with van der Waals surface area (Å²) in [5.41, 5.74) is 8.61. The minimum absolute atomic E-state index is 0.0744. The molecule has 1 saturated heterocycles. The molecule has 1 amide bonds. The van der Waals surface area contributed by atoms with Gasteiger partial charge in [-0.25, -0.2) is 5.43 Å². The first-order valence-electron chi connectivity index (χ1n) is 9.12. The third-order valence-corrected chi connectivity index (χ3v) is 5.57. The Bertz CT molecular complexity index is 859. The Morgan fingerprint density at radius 3 is 2.96 bits per heavy atom. The molecule has 4 atom stereocenters. The van der Waals surface area contributed by atoms with Gasteiger partial charge in [-0.1, -0.05) is 6.07 Å². The minimum atomic E-state index is -0.203. The number of nitrogens with one attached hydrogen (secondary N) is 3. The van der Waals surface area contributed by atoms with Crippen molar-refractivity contribution in [3.63, 3.8) is 0 Å². The number of hydrazine groups is 1. The van der Waals surface area contributed by atoms with Gasteiger partial charge in [0.2, 0.25) is 0 Å². The van der Waals surface area contributed by atoms with E-state index >= 15 is 0 Å². The van der Waals surface area contributed by atoms with Gasteiger partial charge in [0.15, 0.2) is 0 Å². The van der Waals surface area contributed by atoms with Gasteiger partial charge in [-0.2, -0.15) is 5.26 Å². The summed E-state index contributed by atoms with van der Waals surface area (Å²) in [7, 11) is 1.48. The van der Waals surface area contributed by atoms with Gasteiger partial charge >= 0.3 is 0 Å². The van der Waals surface area contributed by atoms with Gasteiger partial charge in [-0.3, -0.25) is 10.2 Å². The minimum Gasteiger partial charge on any atom is -0.495 e. The van der Waals surface area contributed by atoms with E-state index in [0.29, 0.717) is 28.8 Å². The van der Waals surface area contributed by atoms with Crippen LogP contribution in [-0.2, 0) is 0 Å². The van der Waals surface area contributed by atoms with E-state index in [0.717, 1.165) is 24.8 Å². The third kappa shape index (κ3) is 3.29. The Hall–Kier alpha value is -2.82. The monoisotopic (exact) mass is 366 g/mol. The van der Waals surface area contributed by atoms with Gasteiger partial charge in [-0.05, 0) is 43.4 Å². The van der Waals surface area contributed by atoms with Crippen LogP contribution in [0.2, 0.25) is 0 Å². The highest BCUT2D eigenvalue weighted by Gasteiger charge is 2.41. The molecule has 27 heavy (non-hydrogen) atoms. The Labute approximate surface area is 157 Å². The van der Waals surface area contributed by atoms with Crippen molar-refractivity contribution in [3.05, 3.63) is 53.5 Å². The topological polar surface area (TPSA) is 99.3 Å². The highest BCUT2D eigenvalue weighted by atomic mass is 16.5. The Kier molecular flexibility index (Phi) is 4.84. The number of benzene rings is 1. The molecular formula is C20H22N4O3. The summed E-state index contributed by atoms with van der Waals surface area (Å²) in [5.74, 6) is 0.492. The molecule has 140 valence electrons. The maximum absolute atomic E-state index is 12.8. The average molecular weight is 366 g/mol. The van der Waals surface area contributed by atoms with E-state index in [-0.39, 0.29) is 18.0 Å². The zero-order valence-corrected chi connectivity index (χ0v) is 15.1. The van der Waals surface area contributed by atoms with Gasteiger partial charge in [-0.15, -0.1) is 0 Å². The van der Waals surface area contributed by atoms with Crippen molar-refractivity contribution >= 4 is 5.91 Å². The first kappa shape index (κ1) is 17.6. The van der Waals surface area contributed by atoms with Crippen LogP contribution in [0.3, 0.4) is 0 Å². The molecule has 4 unspecified atom stereocenters. The fourth-order valence-corrected chi connectivity index (χ4v) is 4.26. The summed E-state index contributed by atoms with van der Waals surface area (Å²) in [6.45, 7) is 0. The summed E-state index contributed by atoms with van der Waals surface area (Å²) in [5, 5.41) is 12.3. The molecule has 2 fully saturated rings. The van der Waals surface area contributed by atoms with Crippen LogP contribution in [0.1, 0.15) is 46.8 Å². The lowest BCUT2D eigenvalue weighted by atomic mass is 9.77. The zero-order chi connectivity index (χ0) is 18.8. The number of hydrogen-bond acceptors (Lipinski definition) is 6. The number of hydrogen-bond donors (Lipinski definition) is 3. The fraction of sp³-hybridized carbons (Fsp3) is 0.400. The van der Waals surface area contributed by atoms with Crippen LogP contribution in [0.4, 0.5) is 0 Å². The quantitative estimate of drug-likeness (QED) is 0.768. The zero-order valence-electron chi connectivity index (χ0n) is 15.1. The van der Waals surface area contributed by atoms with Crippen molar-refractivity contribution in [2.24, 2.45) is 5.92 Å². The van der Waals surface area contributed by atoms with Crippen molar-refractivity contribution < 1.29 is 13.9 Å². The number of fused-ring (bicyclic) bond motifs is 1. The van der Waals surface area contributed by atoms with Crippen LogP contribution >= 0.6 is 0 Å². The average Bonchev–Trinajstić information content (AvgIpc) is 3.36. The largest absolute Gasteiger partial charge is 0.495 e. The molecule has 4 rings (SSSR count). The van der Waals surface area contributed by atoms with E-state index in [1.165, 1.54) is 7.11 Å². The second-order valence-electron chi connectivity index (χ2n) is 7.08. The summed E-state index contributed by atoms with van der Waals surface area (Å²) < 4.78 is 10.5. The molecule has 1 aromatic heterocycles. The highest BCUT2D eigenvalue weighted by Crippen LogP contribution is 2.38. The first-order chi connectivity index (χ1) is 13.2. The summed E-state index contributed by atoms with van der Waals surface area (Å²) in [6, 6.07) is 9.70. The molecule has 0 radical (unpaired) electrons.